The molecular weight excluding hydrogens is 480 g/mol. The molecule has 6 rings (SSSR count). The van der Waals surface area contributed by atoms with Crippen LogP contribution in [0.4, 0.5) is 5.69 Å². The highest BCUT2D eigenvalue weighted by Gasteiger charge is 2.56. The Morgan fingerprint density at radius 3 is 2.00 bits per heavy atom. The van der Waals surface area contributed by atoms with Crippen LogP contribution in [-0.4, -0.2) is 41.6 Å². The number of anilines is 1. The highest BCUT2D eigenvalue weighted by atomic mass is 16.5. The second kappa shape index (κ2) is 9.12. The molecule has 2 heterocycles. The van der Waals surface area contributed by atoms with Gasteiger partial charge in [-0.25, -0.2) is 4.90 Å². The molecule has 0 N–H and O–H groups in total. The number of imide groups is 1. The summed E-state index contributed by atoms with van der Waals surface area (Å²) in [7, 11) is 1.53. The van der Waals surface area contributed by atoms with Gasteiger partial charge in [-0.3, -0.25) is 19.2 Å². The van der Waals surface area contributed by atoms with Crippen LogP contribution < -0.4 is 9.64 Å². The van der Waals surface area contributed by atoms with Crippen molar-refractivity contribution in [3.63, 3.8) is 0 Å². The number of carbonyl (C=O) groups is 4. The smallest absolute Gasteiger partial charge is 0.266 e. The van der Waals surface area contributed by atoms with Crippen LogP contribution in [0.1, 0.15) is 53.0 Å². The lowest BCUT2D eigenvalue weighted by Gasteiger charge is -2.14. The van der Waals surface area contributed by atoms with Gasteiger partial charge in [-0.2, -0.15) is 0 Å². The maximum Gasteiger partial charge on any atom is 0.266 e. The monoisotopic (exact) mass is 502 g/mol. The SMILES string of the molecule is COc1ccc(N2C(=O)c3ccc(C(=O)N4[C@H](C(=O)c5ccccc5)[C@H]4c4ccccc4)cc3C2=O)cc1. The molecule has 0 bridgehead atoms. The summed E-state index contributed by atoms with van der Waals surface area (Å²) in [6.07, 6.45) is 0. The summed E-state index contributed by atoms with van der Waals surface area (Å²) < 4.78 is 5.16. The Kier molecular flexibility index (Phi) is 5.61. The zero-order chi connectivity index (χ0) is 26.4. The van der Waals surface area contributed by atoms with Crippen molar-refractivity contribution in [2.24, 2.45) is 0 Å². The minimum absolute atomic E-state index is 0.147. The molecule has 0 aromatic heterocycles. The van der Waals surface area contributed by atoms with Gasteiger partial charge in [-0.1, -0.05) is 60.7 Å². The van der Waals surface area contributed by atoms with Gasteiger partial charge >= 0.3 is 0 Å². The number of carbonyl (C=O) groups excluding carboxylic acids is 4. The van der Waals surface area contributed by atoms with Crippen molar-refractivity contribution in [3.05, 3.63) is 131 Å². The fraction of sp³-hybridized carbons (Fsp3) is 0.0968. The summed E-state index contributed by atoms with van der Waals surface area (Å²) in [5.41, 5.74) is 2.41. The number of methoxy groups -OCH3 is 1. The topological polar surface area (TPSA) is 83.8 Å². The van der Waals surface area contributed by atoms with E-state index in [0.29, 0.717) is 17.0 Å². The van der Waals surface area contributed by atoms with Crippen molar-refractivity contribution in [2.75, 3.05) is 12.0 Å². The van der Waals surface area contributed by atoms with Crippen LogP contribution in [0.25, 0.3) is 0 Å². The second-order valence-corrected chi connectivity index (χ2v) is 9.15. The van der Waals surface area contributed by atoms with E-state index in [4.69, 9.17) is 4.74 Å². The van der Waals surface area contributed by atoms with E-state index in [0.717, 1.165) is 10.5 Å². The molecule has 0 saturated carbocycles. The maximum absolute atomic E-state index is 13.7. The van der Waals surface area contributed by atoms with Crippen molar-refractivity contribution in [2.45, 2.75) is 12.1 Å². The van der Waals surface area contributed by atoms with Crippen LogP contribution in [0.5, 0.6) is 5.75 Å². The van der Waals surface area contributed by atoms with E-state index in [9.17, 15) is 19.2 Å². The molecule has 2 aliphatic rings. The molecule has 1 saturated heterocycles. The summed E-state index contributed by atoms with van der Waals surface area (Å²) in [6, 6.07) is 28.3. The molecule has 0 radical (unpaired) electrons. The number of hydrogen-bond acceptors (Lipinski definition) is 5. The Morgan fingerprint density at radius 1 is 0.711 bits per heavy atom. The Balaban J connectivity index is 1.31. The molecule has 186 valence electrons. The van der Waals surface area contributed by atoms with Crippen molar-refractivity contribution in [3.8, 4) is 5.75 Å². The van der Waals surface area contributed by atoms with Gasteiger partial charge in [0.15, 0.2) is 5.78 Å². The van der Waals surface area contributed by atoms with E-state index in [-0.39, 0.29) is 28.4 Å². The fourth-order valence-corrected chi connectivity index (χ4v) is 5.01. The maximum atomic E-state index is 13.7. The minimum atomic E-state index is -0.659. The third-order valence-electron chi connectivity index (χ3n) is 6.98. The van der Waals surface area contributed by atoms with Gasteiger partial charge in [0, 0.05) is 11.1 Å². The Bertz CT molecular complexity index is 1580. The predicted octanol–water partition coefficient (Wildman–Crippen LogP) is 4.94. The molecule has 3 amide bonds. The predicted molar refractivity (Wildman–Crippen MR) is 140 cm³/mol. The molecule has 0 aliphatic carbocycles. The van der Waals surface area contributed by atoms with Gasteiger partial charge in [-0.15, -0.1) is 0 Å². The molecule has 2 atom stereocenters. The van der Waals surface area contributed by atoms with Gasteiger partial charge in [0.2, 0.25) is 0 Å². The third kappa shape index (κ3) is 3.76. The van der Waals surface area contributed by atoms with Gasteiger partial charge in [0.1, 0.15) is 11.8 Å². The number of hydrogen-bond donors (Lipinski definition) is 0. The van der Waals surface area contributed by atoms with E-state index in [1.165, 1.54) is 30.2 Å². The molecule has 0 spiro atoms. The summed E-state index contributed by atoms with van der Waals surface area (Å²) >= 11 is 0. The molecule has 7 nitrogen and oxygen atoms in total. The van der Waals surface area contributed by atoms with E-state index < -0.39 is 23.9 Å². The van der Waals surface area contributed by atoms with Crippen molar-refractivity contribution >= 4 is 29.2 Å². The summed E-state index contributed by atoms with van der Waals surface area (Å²) in [6.45, 7) is 0. The first-order chi connectivity index (χ1) is 18.5. The average Bonchev–Trinajstić information content (AvgIpc) is 3.67. The molecule has 38 heavy (non-hydrogen) atoms. The lowest BCUT2D eigenvalue weighted by molar-refractivity contribution is 0.0833. The number of rotatable bonds is 6. The number of fused-ring (bicyclic) bond motifs is 1. The van der Waals surface area contributed by atoms with Crippen molar-refractivity contribution in [1.29, 1.82) is 0 Å². The van der Waals surface area contributed by atoms with E-state index in [1.807, 2.05) is 36.4 Å². The summed E-state index contributed by atoms with van der Waals surface area (Å²) in [5.74, 6) is -0.887. The first-order valence-electron chi connectivity index (χ1n) is 12.1. The van der Waals surface area contributed by atoms with E-state index >= 15 is 0 Å². The van der Waals surface area contributed by atoms with Crippen LogP contribution in [0.3, 0.4) is 0 Å². The second-order valence-electron chi connectivity index (χ2n) is 9.15. The molecule has 0 unspecified atom stereocenters. The standard InChI is InChI=1S/C31H22N2O5/c1-38-23-15-13-22(14-16-23)32-30(36)24-17-12-21(18-25(24)31(32)37)29(35)33-26(19-8-4-2-5-9-19)27(33)28(34)20-10-6-3-7-11-20/h2-18,26-27H,1H3/t26-,27+,33?/m1/s1. The summed E-state index contributed by atoms with van der Waals surface area (Å²) in [5, 5.41) is 0. The van der Waals surface area contributed by atoms with Crippen LogP contribution in [0.15, 0.2) is 103 Å². The average molecular weight is 503 g/mol. The number of ketones is 1. The van der Waals surface area contributed by atoms with Gasteiger partial charge in [0.25, 0.3) is 17.7 Å². The largest absolute Gasteiger partial charge is 0.497 e. The van der Waals surface area contributed by atoms with Crippen LogP contribution >= 0.6 is 0 Å². The van der Waals surface area contributed by atoms with E-state index in [2.05, 4.69) is 0 Å². The van der Waals surface area contributed by atoms with Crippen molar-refractivity contribution in [1.82, 2.24) is 4.90 Å². The Morgan fingerprint density at radius 2 is 1.34 bits per heavy atom. The lowest BCUT2D eigenvalue weighted by Crippen LogP contribution is -2.29. The first-order valence-corrected chi connectivity index (χ1v) is 12.1. The van der Waals surface area contributed by atoms with Crippen molar-refractivity contribution < 1.29 is 23.9 Å². The Labute approximate surface area is 218 Å². The highest BCUT2D eigenvalue weighted by Crippen LogP contribution is 2.46. The highest BCUT2D eigenvalue weighted by molar-refractivity contribution is 6.34. The number of nitrogens with zero attached hydrogens (tertiary/aromatic N) is 2. The zero-order valence-corrected chi connectivity index (χ0v) is 20.4. The number of Topliss-reactive ketones (excluding diaryl/α,β-unsaturated/α-hetero) is 1. The summed E-state index contributed by atoms with van der Waals surface area (Å²) in [4.78, 5) is 56.0. The van der Waals surface area contributed by atoms with Crippen LogP contribution in [-0.2, 0) is 0 Å². The number of amides is 3. The molecular formula is C31H22N2O5. The quantitative estimate of drug-likeness (QED) is 0.212. The fourth-order valence-electron chi connectivity index (χ4n) is 5.01. The zero-order valence-electron chi connectivity index (χ0n) is 20.4. The molecule has 1 fully saturated rings. The molecule has 4 aromatic carbocycles. The number of ether oxygens (including phenoxy) is 1. The minimum Gasteiger partial charge on any atom is -0.497 e. The lowest BCUT2D eigenvalue weighted by atomic mass is 10.0. The normalized spacial score (nSPS) is 17.8. The van der Waals surface area contributed by atoms with Crippen LogP contribution in [0.2, 0.25) is 0 Å². The van der Waals surface area contributed by atoms with Gasteiger partial charge < -0.3 is 9.64 Å². The Hall–Kier alpha value is -5.04. The molecule has 4 aromatic rings. The molecule has 7 heteroatoms. The van der Waals surface area contributed by atoms with E-state index in [1.54, 1.807) is 48.5 Å². The third-order valence-corrected chi connectivity index (χ3v) is 6.98. The number of benzene rings is 4. The van der Waals surface area contributed by atoms with Gasteiger partial charge in [0.05, 0.1) is 30.0 Å². The first kappa shape index (κ1) is 23.4. The van der Waals surface area contributed by atoms with Gasteiger partial charge in [-0.05, 0) is 48.0 Å². The molecule has 2 aliphatic heterocycles. The van der Waals surface area contributed by atoms with Crippen LogP contribution in [0, 0.1) is 0 Å².